The van der Waals surface area contributed by atoms with Gasteiger partial charge in [-0.3, -0.25) is 4.79 Å². The molecule has 3 rings (SSSR count). The molecule has 176 valence electrons. The number of hydrogen-bond acceptors (Lipinski definition) is 7. The first kappa shape index (κ1) is 24.0. The topological polar surface area (TPSA) is 94.5 Å². The molecular formula is C22H21F3N2O6. The van der Waals surface area contributed by atoms with Crippen LogP contribution in [0.25, 0.3) is 0 Å². The van der Waals surface area contributed by atoms with Crippen molar-refractivity contribution in [3.8, 4) is 11.5 Å². The van der Waals surface area contributed by atoms with Crippen molar-refractivity contribution in [1.29, 1.82) is 0 Å². The summed E-state index contributed by atoms with van der Waals surface area (Å²) in [5, 5.41) is 2.77. The number of carbonyl (C=O) groups is 2. The predicted octanol–water partition coefficient (Wildman–Crippen LogP) is 5.07. The van der Waals surface area contributed by atoms with Crippen molar-refractivity contribution >= 4 is 17.7 Å². The zero-order valence-corrected chi connectivity index (χ0v) is 17.8. The molecule has 0 radical (unpaired) electrons. The zero-order valence-electron chi connectivity index (χ0n) is 17.8. The van der Waals surface area contributed by atoms with Crippen molar-refractivity contribution in [2.24, 2.45) is 11.1 Å². The molecule has 1 heterocycles. The number of alkyl halides is 3. The molecule has 33 heavy (non-hydrogen) atoms. The van der Waals surface area contributed by atoms with Gasteiger partial charge in [-0.25, -0.2) is 4.79 Å². The number of likely N-dealkylation sites (tertiary alicyclic amines) is 1. The molecule has 2 aromatic carbocycles. The van der Waals surface area contributed by atoms with E-state index in [9.17, 15) is 27.7 Å². The van der Waals surface area contributed by atoms with Crippen LogP contribution in [-0.4, -0.2) is 43.5 Å². The lowest BCUT2D eigenvalue weighted by molar-refractivity contribution is -0.274. The third-order valence-corrected chi connectivity index (χ3v) is 5.29. The van der Waals surface area contributed by atoms with E-state index in [0.29, 0.717) is 12.0 Å². The van der Waals surface area contributed by atoms with Gasteiger partial charge in [0.2, 0.25) is 0 Å². The number of benzene rings is 2. The Morgan fingerprint density at radius 2 is 1.79 bits per heavy atom. The van der Waals surface area contributed by atoms with Crippen molar-refractivity contribution in [3.05, 3.63) is 58.5 Å². The summed E-state index contributed by atoms with van der Waals surface area (Å²) in [7, 11) is 1.24. The summed E-state index contributed by atoms with van der Waals surface area (Å²) >= 11 is 0. The van der Waals surface area contributed by atoms with Crippen LogP contribution in [0.1, 0.15) is 23.5 Å². The molecular weight excluding hydrogens is 445 g/mol. The van der Waals surface area contributed by atoms with Gasteiger partial charge in [0.25, 0.3) is 0 Å². The molecule has 0 spiro atoms. The van der Waals surface area contributed by atoms with Crippen molar-refractivity contribution in [1.82, 2.24) is 4.90 Å². The molecule has 0 aromatic heterocycles. The molecule has 1 aliphatic heterocycles. The van der Waals surface area contributed by atoms with E-state index in [2.05, 4.69) is 9.91 Å². The van der Waals surface area contributed by atoms with E-state index in [1.54, 1.807) is 6.07 Å². The number of hydrogen-bond donors (Lipinski definition) is 0. The normalized spacial score (nSPS) is 18.4. The van der Waals surface area contributed by atoms with Crippen molar-refractivity contribution in [3.63, 3.8) is 0 Å². The van der Waals surface area contributed by atoms with Crippen molar-refractivity contribution in [2.45, 2.75) is 25.6 Å². The summed E-state index contributed by atoms with van der Waals surface area (Å²) in [6.45, 7) is 1.72. The molecule has 0 N–H and O–H groups in total. The van der Waals surface area contributed by atoms with Gasteiger partial charge in [0.15, 0.2) is 0 Å². The molecule has 0 bridgehead atoms. The summed E-state index contributed by atoms with van der Waals surface area (Å²) in [6.07, 6.45) is -5.18. The molecule has 2 atom stereocenters. The first-order valence-electron chi connectivity index (χ1n) is 9.94. The van der Waals surface area contributed by atoms with Crippen LogP contribution in [0.4, 0.5) is 23.7 Å². The van der Waals surface area contributed by atoms with E-state index in [1.807, 2.05) is 0 Å². The third kappa shape index (κ3) is 6.21. The van der Waals surface area contributed by atoms with Crippen LogP contribution in [0.2, 0.25) is 0 Å². The SMILES string of the molecule is COC(=O)C1CC(c2ccc(OC(F)(F)F)c(C)c2)CN(C(=O)Oc2ccc(N=O)cc2)C1. The number of nitroso groups, excluding NO2 is 1. The van der Waals surface area contributed by atoms with Gasteiger partial charge in [0, 0.05) is 19.0 Å². The average Bonchev–Trinajstić information content (AvgIpc) is 2.79. The molecule has 1 saturated heterocycles. The second-order valence-electron chi connectivity index (χ2n) is 7.58. The first-order valence-corrected chi connectivity index (χ1v) is 9.94. The minimum atomic E-state index is -4.81. The minimum absolute atomic E-state index is 0.0598. The molecule has 1 fully saturated rings. The fraction of sp³-hybridized carbons (Fsp3) is 0.364. The number of esters is 1. The maximum atomic E-state index is 12.8. The van der Waals surface area contributed by atoms with E-state index in [4.69, 9.17) is 9.47 Å². The molecule has 0 aliphatic carbocycles. The highest BCUT2D eigenvalue weighted by atomic mass is 19.4. The Balaban J connectivity index is 1.80. The molecule has 2 aromatic rings. The highest BCUT2D eigenvalue weighted by Gasteiger charge is 2.37. The number of methoxy groups -OCH3 is 1. The first-order chi connectivity index (χ1) is 15.6. The number of halogens is 3. The molecule has 2 unspecified atom stereocenters. The predicted molar refractivity (Wildman–Crippen MR) is 110 cm³/mol. The maximum Gasteiger partial charge on any atom is 0.573 e. The fourth-order valence-electron chi connectivity index (χ4n) is 3.73. The van der Waals surface area contributed by atoms with Gasteiger partial charge in [0.1, 0.15) is 17.2 Å². The van der Waals surface area contributed by atoms with Gasteiger partial charge >= 0.3 is 18.4 Å². The Labute approximate surface area is 187 Å². The Morgan fingerprint density at radius 1 is 1.09 bits per heavy atom. The van der Waals surface area contributed by atoms with Gasteiger partial charge in [-0.2, -0.15) is 0 Å². The summed E-state index contributed by atoms with van der Waals surface area (Å²) < 4.78 is 51.9. The molecule has 1 aliphatic rings. The summed E-state index contributed by atoms with van der Waals surface area (Å²) in [6, 6.07) is 9.84. The Kier molecular flexibility index (Phi) is 7.19. The van der Waals surface area contributed by atoms with Crippen molar-refractivity contribution < 1.29 is 37.0 Å². The molecule has 11 heteroatoms. The lowest BCUT2D eigenvalue weighted by Crippen LogP contribution is -2.46. The lowest BCUT2D eigenvalue weighted by atomic mass is 9.84. The summed E-state index contributed by atoms with van der Waals surface area (Å²) in [4.78, 5) is 36.9. The quantitative estimate of drug-likeness (QED) is 0.451. The monoisotopic (exact) mass is 466 g/mol. The van der Waals surface area contributed by atoms with E-state index in [1.165, 1.54) is 55.3 Å². The number of ether oxygens (including phenoxy) is 3. The molecule has 1 amide bonds. The van der Waals surface area contributed by atoms with E-state index >= 15 is 0 Å². The Bertz CT molecular complexity index is 1030. The number of carbonyl (C=O) groups excluding carboxylic acids is 2. The third-order valence-electron chi connectivity index (χ3n) is 5.29. The summed E-state index contributed by atoms with van der Waals surface area (Å²) in [5.41, 5.74) is 1.09. The maximum absolute atomic E-state index is 12.8. The standard InChI is InChI=1S/C22H21F3N2O6/c1-13-9-14(3-8-19(13)33-22(23,24)25)15-10-16(20(28)31-2)12-27(11-15)21(29)32-18-6-4-17(26-30)5-7-18/h3-9,15-16H,10-12H2,1-2H3. The van der Waals surface area contributed by atoms with Gasteiger partial charge in [-0.05, 0) is 60.0 Å². The smallest absolute Gasteiger partial charge is 0.469 e. The van der Waals surface area contributed by atoms with Crippen LogP contribution in [0, 0.1) is 17.7 Å². The Morgan fingerprint density at radius 3 is 2.36 bits per heavy atom. The number of piperidine rings is 1. The van der Waals surface area contributed by atoms with Gasteiger partial charge in [-0.1, -0.05) is 12.1 Å². The summed E-state index contributed by atoms with van der Waals surface area (Å²) in [5.74, 6) is -1.64. The number of nitrogens with zero attached hydrogens (tertiary/aromatic N) is 2. The van der Waals surface area contributed by atoms with Gasteiger partial charge < -0.3 is 19.1 Å². The van der Waals surface area contributed by atoms with E-state index in [0.717, 1.165) is 0 Å². The number of aryl methyl sites for hydroxylation is 1. The Hall–Kier alpha value is -3.63. The van der Waals surface area contributed by atoms with Gasteiger partial charge in [-0.15, -0.1) is 18.1 Å². The number of amides is 1. The fourth-order valence-corrected chi connectivity index (χ4v) is 3.73. The zero-order chi connectivity index (χ0) is 24.2. The lowest BCUT2D eigenvalue weighted by Gasteiger charge is -2.36. The molecule has 0 saturated carbocycles. The van der Waals surface area contributed by atoms with Crippen LogP contribution in [0.3, 0.4) is 0 Å². The van der Waals surface area contributed by atoms with Crippen LogP contribution in [0.5, 0.6) is 11.5 Å². The minimum Gasteiger partial charge on any atom is -0.469 e. The molecule has 8 nitrogen and oxygen atoms in total. The van der Waals surface area contributed by atoms with Crippen molar-refractivity contribution in [2.75, 3.05) is 20.2 Å². The van der Waals surface area contributed by atoms with Crippen LogP contribution >= 0.6 is 0 Å². The van der Waals surface area contributed by atoms with E-state index in [-0.39, 0.29) is 41.8 Å². The number of rotatable bonds is 5. The average molecular weight is 466 g/mol. The highest BCUT2D eigenvalue weighted by molar-refractivity contribution is 5.76. The van der Waals surface area contributed by atoms with E-state index < -0.39 is 24.3 Å². The largest absolute Gasteiger partial charge is 0.573 e. The highest BCUT2D eigenvalue weighted by Crippen LogP contribution is 2.35. The van der Waals surface area contributed by atoms with Gasteiger partial charge in [0.05, 0.1) is 13.0 Å². The van der Waals surface area contributed by atoms with Crippen LogP contribution in [0.15, 0.2) is 47.6 Å². The van der Waals surface area contributed by atoms with Crippen LogP contribution in [-0.2, 0) is 9.53 Å². The second-order valence-corrected chi connectivity index (χ2v) is 7.58. The second kappa shape index (κ2) is 9.88. The van der Waals surface area contributed by atoms with Crippen LogP contribution < -0.4 is 9.47 Å².